The smallest absolute Gasteiger partial charge is 0.354 e. The van der Waals surface area contributed by atoms with E-state index in [1.54, 1.807) is 18.5 Å². The summed E-state index contributed by atoms with van der Waals surface area (Å²) in [5, 5.41) is 22.8. The topological polar surface area (TPSA) is 97.9 Å². The molecule has 4 rings (SSSR count). The summed E-state index contributed by atoms with van der Waals surface area (Å²) in [6.45, 7) is 2.25. The lowest BCUT2D eigenvalue weighted by Crippen LogP contribution is -2.33. The number of rotatable bonds is 5. The summed E-state index contributed by atoms with van der Waals surface area (Å²) < 4.78 is 13.6. The van der Waals surface area contributed by atoms with E-state index in [4.69, 9.17) is 0 Å². The van der Waals surface area contributed by atoms with Gasteiger partial charge in [-0.15, -0.1) is 0 Å². The van der Waals surface area contributed by atoms with Crippen molar-refractivity contribution < 1.29 is 14.3 Å². The molecule has 140 valence electrons. The van der Waals surface area contributed by atoms with Gasteiger partial charge in [0.1, 0.15) is 11.5 Å². The zero-order chi connectivity index (χ0) is 18.8. The second kappa shape index (κ2) is 7.32. The number of nitrogens with zero attached hydrogens (tertiary/aromatic N) is 3. The van der Waals surface area contributed by atoms with E-state index in [0.29, 0.717) is 18.0 Å². The second-order valence-corrected chi connectivity index (χ2v) is 6.83. The van der Waals surface area contributed by atoms with Crippen molar-refractivity contribution in [3.05, 3.63) is 59.4 Å². The van der Waals surface area contributed by atoms with E-state index in [2.05, 4.69) is 25.3 Å². The van der Waals surface area contributed by atoms with Crippen molar-refractivity contribution in [3.63, 3.8) is 0 Å². The Kier molecular flexibility index (Phi) is 4.72. The first-order chi connectivity index (χ1) is 13.1. The number of piperidine rings is 1. The van der Waals surface area contributed by atoms with E-state index in [1.807, 2.05) is 6.07 Å². The molecule has 0 aliphatic carbocycles. The highest BCUT2D eigenvalue weighted by atomic mass is 19.1. The highest BCUT2D eigenvalue weighted by Gasteiger charge is 2.25. The van der Waals surface area contributed by atoms with Crippen LogP contribution in [-0.2, 0) is 6.54 Å². The van der Waals surface area contributed by atoms with Crippen LogP contribution in [0.15, 0.2) is 36.7 Å². The molecule has 1 aromatic carbocycles. The largest absolute Gasteiger partial charge is 0.477 e. The molecule has 0 atom stereocenters. The zero-order valence-corrected chi connectivity index (χ0v) is 14.7. The van der Waals surface area contributed by atoms with Crippen molar-refractivity contribution in [2.75, 3.05) is 13.1 Å². The molecule has 3 N–H and O–H groups in total. The van der Waals surface area contributed by atoms with Crippen LogP contribution in [0.25, 0.3) is 11.1 Å². The molecular formula is C19H20FN5O2. The predicted octanol–water partition coefficient (Wildman–Crippen LogP) is 3.02. The van der Waals surface area contributed by atoms with E-state index in [9.17, 15) is 14.3 Å². The average Bonchev–Trinajstić information content (AvgIpc) is 3.32. The number of hydrogen-bond acceptors (Lipinski definition) is 4. The van der Waals surface area contributed by atoms with E-state index in [-0.39, 0.29) is 11.5 Å². The summed E-state index contributed by atoms with van der Waals surface area (Å²) >= 11 is 0. The van der Waals surface area contributed by atoms with Crippen molar-refractivity contribution in [2.24, 2.45) is 0 Å². The molecule has 2 aromatic heterocycles. The maximum absolute atomic E-state index is 13.6. The standard InChI is InChI=1S/C19H20FN5O2/c20-15-3-1-2-13(8-15)16-10-22-23-17(16)12-4-6-25(7-5-12)11-14-9-21-24-18(14)19(26)27/h1-3,8-10,12H,4-7,11H2,(H,21,24)(H,22,23)(H,26,27). The Morgan fingerprint density at radius 2 is 2.00 bits per heavy atom. The van der Waals surface area contributed by atoms with Crippen LogP contribution < -0.4 is 0 Å². The summed E-state index contributed by atoms with van der Waals surface area (Å²) in [6.07, 6.45) is 5.17. The van der Waals surface area contributed by atoms with Crippen molar-refractivity contribution in [1.29, 1.82) is 0 Å². The highest BCUT2D eigenvalue weighted by molar-refractivity contribution is 5.86. The van der Waals surface area contributed by atoms with E-state index < -0.39 is 5.97 Å². The molecule has 7 nitrogen and oxygen atoms in total. The number of halogens is 1. The van der Waals surface area contributed by atoms with E-state index in [0.717, 1.165) is 42.8 Å². The molecule has 1 aliphatic rings. The van der Waals surface area contributed by atoms with Gasteiger partial charge in [0.05, 0.1) is 12.4 Å². The molecular weight excluding hydrogens is 349 g/mol. The third-order valence-electron chi connectivity index (χ3n) is 5.13. The van der Waals surface area contributed by atoms with Crippen molar-refractivity contribution in [3.8, 4) is 11.1 Å². The van der Waals surface area contributed by atoms with Crippen LogP contribution in [0.5, 0.6) is 0 Å². The first kappa shape index (κ1) is 17.4. The lowest BCUT2D eigenvalue weighted by atomic mass is 9.89. The quantitative estimate of drug-likeness (QED) is 0.642. The van der Waals surface area contributed by atoms with Gasteiger partial charge >= 0.3 is 5.97 Å². The fourth-order valence-corrected chi connectivity index (χ4v) is 3.73. The fourth-order valence-electron chi connectivity index (χ4n) is 3.73. The van der Waals surface area contributed by atoms with Crippen LogP contribution in [0.1, 0.15) is 40.5 Å². The third kappa shape index (κ3) is 3.61. The Morgan fingerprint density at radius 3 is 2.74 bits per heavy atom. The molecule has 0 amide bonds. The van der Waals surface area contributed by atoms with Crippen LogP contribution in [0.2, 0.25) is 0 Å². The maximum atomic E-state index is 13.6. The molecule has 0 bridgehead atoms. The van der Waals surface area contributed by atoms with E-state index >= 15 is 0 Å². The van der Waals surface area contributed by atoms with Crippen LogP contribution in [0, 0.1) is 5.82 Å². The lowest BCUT2D eigenvalue weighted by molar-refractivity contribution is 0.0687. The first-order valence-corrected chi connectivity index (χ1v) is 8.89. The number of aromatic nitrogens is 4. The van der Waals surface area contributed by atoms with Crippen molar-refractivity contribution in [1.82, 2.24) is 25.3 Å². The van der Waals surface area contributed by atoms with Gasteiger partial charge in [0, 0.05) is 29.3 Å². The number of aromatic carboxylic acids is 1. The summed E-state index contributed by atoms with van der Waals surface area (Å²) in [5.74, 6) is -0.941. The van der Waals surface area contributed by atoms with Crippen LogP contribution >= 0.6 is 0 Å². The molecule has 3 aromatic rings. The highest BCUT2D eigenvalue weighted by Crippen LogP contribution is 2.34. The minimum Gasteiger partial charge on any atom is -0.477 e. The van der Waals surface area contributed by atoms with Crippen molar-refractivity contribution in [2.45, 2.75) is 25.3 Å². The van der Waals surface area contributed by atoms with Gasteiger partial charge in [-0.05, 0) is 43.6 Å². The number of carbonyl (C=O) groups is 1. The summed E-state index contributed by atoms with van der Waals surface area (Å²) in [6, 6.07) is 6.55. The monoisotopic (exact) mass is 369 g/mol. The lowest BCUT2D eigenvalue weighted by Gasteiger charge is -2.31. The minimum absolute atomic E-state index is 0.152. The van der Waals surface area contributed by atoms with Gasteiger partial charge in [0.25, 0.3) is 0 Å². The third-order valence-corrected chi connectivity index (χ3v) is 5.13. The molecule has 0 saturated carbocycles. The number of hydrogen-bond donors (Lipinski definition) is 3. The van der Waals surface area contributed by atoms with Gasteiger partial charge in [-0.3, -0.25) is 15.1 Å². The van der Waals surface area contributed by atoms with Crippen LogP contribution in [0.3, 0.4) is 0 Å². The number of carboxylic acid groups (broad SMARTS) is 1. The summed E-state index contributed by atoms with van der Waals surface area (Å²) in [5.41, 5.74) is 3.65. The molecule has 1 fully saturated rings. The Hall–Kier alpha value is -3.00. The first-order valence-electron chi connectivity index (χ1n) is 8.89. The van der Waals surface area contributed by atoms with Gasteiger partial charge < -0.3 is 5.11 Å². The number of H-pyrrole nitrogens is 2. The fraction of sp³-hybridized carbons (Fsp3) is 0.316. The van der Waals surface area contributed by atoms with Crippen molar-refractivity contribution >= 4 is 5.97 Å². The SMILES string of the molecule is O=C(O)c1[nH]ncc1CN1CCC(c2[nH]ncc2-c2cccc(F)c2)CC1. The average molecular weight is 369 g/mol. The van der Waals surface area contributed by atoms with Gasteiger partial charge in [-0.2, -0.15) is 10.2 Å². The van der Waals surface area contributed by atoms with Gasteiger partial charge in [-0.25, -0.2) is 9.18 Å². The minimum atomic E-state index is -0.991. The van der Waals surface area contributed by atoms with Gasteiger partial charge in [0.15, 0.2) is 0 Å². The number of aromatic amines is 2. The molecule has 0 spiro atoms. The molecule has 8 heteroatoms. The number of likely N-dealkylation sites (tertiary alicyclic amines) is 1. The molecule has 27 heavy (non-hydrogen) atoms. The van der Waals surface area contributed by atoms with Crippen LogP contribution in [0.4, 0.5) is 4.39 Å². The molecule has 0 radical (unpaired) electrons. The van der Waals surface area contributed by atoms with Gasteiger partial charge in [-0.1, -0.05) is 12.1 Å². The van der Waals surface area contributed by atoms with Gasteiger partial charge in [0.2, 0.25) is 0 Å². The number of nitrogens with one attached hydrogen (secondary N) is 2. The molecule has 0 unspecified atom stereocenters. The normalized spacial score (nSPS) is 15.9. The Morgan fingerprint density at radius 1 is 1.22 bits per heavy atom. The Balaban J connectivity index is 1.44. The maximum Gasteiger partial charge on any atom is 0.354 e. The molecule has 1 aliphatic heterocycles. The number of benzene rings is 1. The Bertz CT molecular complexity index is 943. The van der Waals surface area contributed by atoms with Crippen LogP contribution in [-0.4, -0.2) is 49.5 Å². The second-order valence-electron chi connectivity index (χ2n) is 6.83. The van der Waals surface area contributed by atoms with E-state index in [1.165, 1.54) is 12.1 Å². The summed E-state index contributed by atoms with van der Waals surface area (Å²) in [7, 11) is 0. The zero-order valence-electron chi connectivity index (χ0n) is 14.7. The predicted molar refractivity (Wildman–Crippen MR) is 96.8 cm³/mol. The molecule has 3 heterocycles. The summed E-state index contributed by atoms with van der Waals surface area (Å²) in [4.78, 5) is 13.4. The Labute approximate surface area is 155 Å². The molecule has 1 saturated heterocycles. The number of carboxylic acids is 1.